The molecule has 1 aliphatic rings. The summed E-state index contributed by atoms with van der Waals surface area (Å²) in [5.41, 5.74) is -0.0818. The number of likely N-dealkylation sites (tertiary alicyclic amines) is 1. The quantitative estimate of drug-likeness (QED) is 0.840. The van der Waals surface area contributed by atoms with E-state index < -0.39 is 29.9 Å². The Bertz CT molecular complexity index is 586. The van der Waals surface area contributed by atoms with Gasteiger partial charge < -0.3 is 5.32 Å². The van der Waals surface area contributed by atoms with Gasteiger partial charge in [-0.25, -0.2) is 0 Å². The summed E-state index contributed by atoms with van der Waals surface area (Å²) in [6.07, 6.45) is -4.85. The Balaban J connectivity index is 1.98. The first kappa shape index (κ1) is 17.0. The number of hydrogen-bond acceptors (Lipinski definition) is 3. The van der Waals surface area contributed by atoms with Gasteiger partial charge in [-0.3, -0.25) is 19.3 Å². The van der Waals surface area contributed by atoms with Gasteiger partial charge in [-0.1, -0.05) is 30.3 Å². The standard InChI is InChI=1S/C15H15F3N2O3/c16-15(17,18)14(10-4-2-1-3-5-10)19-11(21)8-9-20-12(22)6-7-13(20)23/h1-5,14H,6-9H2,(H,19,21)/t14-/m0/s1. The first-order chi connectivity index (χ1) is 10.8. The molecule has 0 aromatic heterocycles. The highest BCUT2D eigenvalue weighted by atomic mass is 19.4. The van der Waals surface area contributed by atoms with Gasteiger partial charge in [-0.2, -0.15) is 13.2 Å². The fourth-order valence-corrected chi connectivity index (χ4v) is 2.32. The first-order valence-corrected chi connectivity index (χ1v) is 7.03. The summed E-state index contributed by atoms with van der Waals surface area (Å²) >= 11 is 0. The highest BCUT2D eigenvalue weighted by Gasteiger charge is 2.41. The van der Waals surface area contributed by atoms with E-state index in [4.69, 9.17) is 0 Å². The minimum absolute atomic E-state index is 0.0790. The lowest BCUT2D eigenvalue weighted by Gasteiger charge is -2.22. The summed E-state index contributed by atoms with van der Waals surface area (Å²) in [4.78, 5) is 35.5. The van der Waals surface area contributed by atoms with E-state index in [0.717, 1.165) is 4.90 Å². The lowest BCUT2D eigenvalue weighted by molar-refractivity contribution is -0.163. The number of carbonyl (C=O) groups excluding carboxylic acids is 3. The van der Waals surface area contributed by atoms with E-state index in [1.165, 1.54) is 24.3 Å². The van der Waals surface area contributed by atoms with Crippen LogP contribution in [0.1, 0.15) is 30.9 Å². The van der Waals surface area contributed by atoms with Crippen molar-refractivity contribution >= 4 is 17.7 Å². The molecule has 0 bridgehead atoms. The molecule has 1 aromatic carbocycles. The molecule has 2 rings (SSSR count). The van der Waals surface area contributed by atoms with Gasteiger partial charge in [0, 0.05) is 25.8 Å². The molecular weight excluding hydrogens is 313 g/mol. The summed E-state index contributed by atoms with van der Waals surface area (Å²) in [5, 5.41) is 1.91. The van der Waals surface area contributed by atoms with Crippen LogP contribution in [0.5, 0.6) is 0 Å². The third kappa shape index (κ3) is 4.30. The Labute approximate surface area is 130 Å². The van der Waals surface area contributed by atoms with Crippen molar-refractivity contribution in [1.82, 2.24) is 10.2 Å². The van der Waals surface area contributed by atoms with Crippen LogP contribution in [0.3, 0.4) is 0 Å². The van der Waals surface area contributed by atoms with Gasteiger partial charge in [-0.15, -0.1) is 0 Å². The third-order valence-electron chi connectivity index (χ3n) is 3.48. The molecule has 0 spiro atoms. The number of benzene rings is 1. The number of nitrogens with one attached hydrogen (secondary N) is 1. The van der Waals surface area contributed by atoms with E-state index in [9.17, 15) is 27.6 Å². The van der Waals surface area contributed by atoms with E-state index in [2.05, 4.69) is 0 Å². The fraction of sp³-hybridized carbons (Fsp3) is 0.400. The molecule has 0 unspecified atom stereocenters. The number of rotatable bonds is 5. The van der Waals surface area contributed by atoms with E-state index in [-0.39, 0.29) is 31.4 Å². The summed E-state index contributed by atoms with van der Waals surface area (Å²) in [5.74, 6) is -1.68. The minimum atomic E-state index is -4.64. The molecule has 1 aromatic rings. The molecule has 0 aliphatic carbocycles. The molecule has 5 nitrogen and oxygen atoms in total. The summed E-state index contributed by atoms with van der Waals surface area (Å²) in [7, 11) is 0. The maximum absolute atomic E-state index is 13.1. The van der Waals surface area contributed by atoms with Gasteiger partial charge in [-0.05, 0) is 5.56 Å². The van der Waals surface area contributed by atoms with Gasteiger partial charge >= 0.3 is 6.18 Å². The summed E-state index contributed by atoms with van der Waals surface area (Å²) in [6.45, 7) is -0.205. The molecule has 0 saturated carbocycles. The smallest absolute Gasteiger partial charge is 0.341 e. The molecule has 1 aliphatic heterocycles. The van der Waals surface area contributed by atoms with E-state index >= 15 is 0 Å². The fourth-order valence-electron chi connectivity index (χ4n) is 2.32. The van der Waals surface area contributed by atoms with Crippen molar-refractivity contribution in [3.63, 3.8) is 0 Å². The van der Waals surface area contributed by atoms with Crippen molar-refractivity contribution in [3.8, 4) is 0 Å². The van der Waals surface area contributed by atoms with Crippen molar-refractivity contribution in [2.45, 2.75) is 31.5 Å². The Hall–Kier alpha value is -2.38. The number of alkyl halides is 3. The Morgan fingerprint density at radius 1 is 1.13 bits per heavy atom. The second-order valence-electron chi connectivity index (χ2n) is 5.14. The highest BCUT2D eigenvalue weighted by molar-refractivity contribution is 6.02. The monoisotopic (exact) mass is 328 g/mol. The molecule has 1 saturated heterocycles. The third-order valence-corrected chi connectivity index (χ3v) is 3.48. The van der Waals surface area contributed by atoms with E-state index in [0.29, 0.717) is 0 Å². The molecule has 1 heterocycles. The first-order valence-electron chi connectivity index (χ1n) is 7.03. The topological polar surface area (TPSA) is 66.5 Å². The number of amides is 3. The summed E-state index contributed by atoms with van der Waals surface area (Å²) < 4.78 is 39.3. The van der Waals surface area contributed by atoms with Crippen LogP contribution in [0.15, 0.2) is 30.3 Å². The molecule has 3 amide bonds. The van der Waals surface area contributed by atoms with E-state index in [1.807, 2.05) is 5.32 Å². The summed E-state index contributed by atoms with van der Waals surface area (Å²) in [6, 6.07) is 4.88. The second kappa shape index (κ2) is 6.80. The predicted molar refractivity (Wildman–Crippen MR) is 74.0 cm³/mol. The Morgan fingerprint density at radius 3 is 2.22 bits per heavy atom. The largest absolute Gasteiger partial charge is 0.412 e. The zero-order valence-corrected chi connectivity index (χ0v) is 12.1. The molecule has 23 heavy (non-hydrogen) atoms. The average Bonchev–Trinajstić information content (AvgIpc) is 2.81. The molecule has 1 N–H and O–H groups in total. The van der Waals surface area contributed by atoms with Gasteiger partial charge in [0.05, 0.1) is 0 Å². The molecule has 0 radical (unpaired) electrons. The molecule has 124 valence electrons. The number of hydrogen-bond donors (Lipinski definition) is 1. The zero-order chi connectivity index (χ0) is 17.0. The van der Waals surface area contributed by atoms with Crippen LogP contribution < -0.4 is 5.32 Å². The minimum Gasteiger partial charge on any atom is -0.341 e. The predicted octanol–water partition coefficient (Wildman–Crippen LogP) is 1.95. The maximum atomic E-state index is 13.1. The number of imide groups is 1. The van der Waals surface area contributed by atoms with Crippen LogP contribution in [0.4, 0.5) is 13.2 Å². The average molecular weight is 328 g/mol. The molecular formula is C15H15F3N2O3. The van der Waals surface area contributed by atoms with Crippen molar-refractivity contribution in [2.24, 2.45) is 0 Å². The van der Waals surface area contributed by atoms with Crippen LogP contribution in [0.25, 0.3) is 0 Å². The van der Waals surface area contributed by atoms with Gasteiger partial charge in [0.1, 0.15) is 0 Å². The lowest BCUT2D eigenvalue weighted by atomic mass is 10.1. The maximum Gasteiger partial charge on any atom is 0.412 e. The number of halogens is 3. The van der Waals surface area contributed by atoms with Crippen molar-refractivity contribution in [1.29, 1.82) is 0 Å². The number of nitrogens with zero attached hydrogens (tertiary/aromatic N) is 1. The van der Waals surface area contributed by atoms with E-state index in [1.54, 1.807) is 6.07 Å². The number of carbonyl (C=O) groups is 3. The van der Waals surface area contributed by atoms with Crippen LogP contribution in [-0.2, 0) is 14.4 Å². The van der Waals surface area contributed by atoms with Gasteiger partial charge in [0.15, 0.2) is 6.04 Å². The normalized spacial score (nSPS) is 16.6. The van der Waals surface area contributed by atoms with Crippen molar-refractivity contribution in [3.05, 3.63) is 35.9 Å². The SMILES string of the molecule is O=C(CCN1C(=O)CCC1=O)N[C@@H](c1ccccc1)C(F)(F)F. The van der Waals surface area contributed by atoms with Crippen molar-refractivity contribution < 1.29 is 27.6 Å². The molecule has 8 heteroatoms. The van der Waals surface area contributed by atoms with Crippen LogP contribution in [0.2, 0.25) is 0 Å². The molecule has 1 fully saturated rings. The lowest BCUT2D eigenvalue weighted by Crippen LogP contribution is -2.40. The Kier molecular flexibility index (Phi) is 5.02. The van der Waals surface area contributed by atoms with Crippen LogP contribution >= 0.6 is 0 Å². The van der Waals surface area contributed by atoms with Gasteiger partial charge in [0.2, 0.25) is 17.7 Å². The second-order valence-corrected chi connectivity index (χ2v) is 5.14. The van der Waals surface area contributed by atoms with Gasteiger partial charge in [0.25, 0.3) is 0 Å². The highest BCUT2D eigenvalue weighted by Crippen LogP contribution is 2.32. The Morgan fingerprint density at radius 2 is 1.70 bits per heavy atom. The van der Waals surface area contributed by atoms with Crippen LogP contribution in [0, 0.1) is 0 Å². The van der Waals surface area contributed by atoms with Crippen molar-refractivity contribution in [2.75, 3.05) is 6.54 Å². The zero-order valence-electron chi connectivity index (χ0n) is 12.1. The molecule has 1 atom stereocenters. The van der Waals surface area contributed by atoms with Crippen LogP contribution in [-0.4, -0.2) is 35.3 Å².